The van der Waals surface area contributed by atoms with Crippen LogP contribution in [0.1, 0.15) is 10.4 Å². The van der Waals surface area contributed by atoms with Crippen molar-refractivity contribution < 1.29 is 70.5 Å². The number of hydrogen-bond donors (Lipinski definition) is 4. The van der Waals surface area contributed by atoms with E-state index in [2.05, 4.69) is 0 Å². The maximum atomic E-state index is 10.3. The van der Waals surface area contributed by atoms with Gasteiger partial charge >= 0.3 is 5.97 Å². The number of aromatic carboxylic acids is 1. The van der Waals surface area contributed by atoms with Crippen LogP contribution in [0.2, 0.25) is 0 Å². The first-order valence-electron chi connectivity index (χ1n) is 3.00. The molecule has 0 saturated heterocycles. The van der Waals surface area contributed by atoms with Gasteiger partial charge < -0.3 is 20.4 Å². The molecule has 69 valence electrons. The van der Waals surface area contributed by atoms with Crippen LogP contribution in [0.25, 0.3) is 0 Å². The van der Waals surface area contributed by atoms with E-state index in [4.69, 9.17) is 20.4 Å². The van der Waals surface area contributed by atoms with Crippen molar-refractivity contribution in [3.05, 3.63) is 17.7 Å². The van der Waals surface area contributed by atoms with Crippen LogP contribution in [-0.4, -0.2) is 26.4 Å². The summed E-state index contributed by atoms with van der Waals surface area (Å²) in [4.78, 5) is 10.3. The SMILES string of the molecule is O=C(O)c1cc(O)c(O)c(O)c1.[Sc].[Zn]. The number of benzene rings is 1. The summed E-state index contributed by atoms with van der Waals surface area (Å²) in [6.45, 7) is 0. The van der Waals surface area contributed by atoms with Crippen molar-refractivity contribution in [1.29, 1.82) is 0 Å². The fourth-order valence-electron chi connectivity index (χ4n) is 0.728. The summed E-state index contributed by atoms with van der Waals surface area (Å²) >= 11 is 0. The first-order chi connectivity index (χ1) is 5.52. The van der Waals surface area contributed by atoms with Gasteiger partial charge in [0.05, 0.1) is 5.56 Å². The normalized spacial score (nSPS) is 8.29. The molecule has 0 fully saturated rings. The Kier molecular flexibility index (Phi) is 7.03. The third-order valence-electron chi connectivity index (χ3n) is 1.32. The van der Waals surface area contributed by atoms with Gasteiger partial charge in [-0.1, -0.05) is 0 Å². The summed E-state index contributed by atoms with van der Waals surface area (Å²) < 4.78 is 0. The monoisotopic (exact) mass is 279 g/mol. The molecule has 0 aliphatic carbocycles. The van der Waals surface area contributed by atoms with E-state index in [0.29, 0.717) is 0 Å². The minimum atomic E-state index is -1.29. The Balaban J connectivity index is 0. The first-order valence-corrected chi connectivity index (χ1v) is 3.00. The number of aromatic hydroxyl groups is 3. The topological polar surface area (TPSA) is 98.0 Å². The van der Waals surface area contributed by atoms with Crippen LogP contribution in [-0.2, 0) is 45.3 Å². The molecule has 0 aliphatic heterocycles. The molecule has 0 bridgehead atoms. The van der Waals surface area contributed by atoms with Crippen LogP contribution in [0, 0.1) is 0 Å². The van der Waals surface area contributed by atoms with Crippen molar-refractivity contribution in [2.24, 2.45) is 0 Å². The smallest absolute Gasteiger partial charge is 0.335 e. The Morgan fingerprint density at radius 3 is 1.71 bits per heavy atom. The molecule has 0 saturated carbocycles. The Labute approximate surface area is 111 Å². The van der Waals surface area contributed by atoms with Gasteiger partial charge in [0.1, 0.15) is 0 Å². The summed E-state index contributed by atoms with van der Waals surface area (Å²) in [5.41, 5.74) is -0.289. The van der Waals surface area contributed by atoms with Crippen LogP contribution in [0.3, 0.4) is 0 Å². The molecular weight excluding hydrogens is 274 g/mol. The molecule has 7 heteroatoms. The first kappa shape index (κ1) is 16.0. The Morgan fingerprint density at radius 2 is 1.43 bits per heavy atom. The largest absolute Gasteiger partial charge is 0.504 e. The van der Waals surface area contributed by atoms with Crippen molar-refractivity contribution in [3.8, 4) is 17.2 Å². The predicted molar refractivity (Wildman–Crippen MR) is 38.4 cm³/mol. The molecule has 4 N–H and O–H groups in total. The maximum Gasteiger partial charge on any atom is 0.335 e. The van der Waals surface area contributed by atoms with Gasteiger partial charge in [0.15, 0.2) is 17.2 Å². The zero-order valence-corrected chi connectivity index (χ0v) is 11.9. The van der Waals surface area contributed by atoms with Crippen LogP contribution < -0.4 is 0 Å². The Morgan fingerprint density at radius 1 is 1.07 bits per heavy atom. The Hall–Kier alpha value is -0.416. The average molecular weight is 280 g/mol. The molecule has 1 aromatic carbocycles. The fourth-order valence-corrected chi connectivity index (χ4v) is 0.728. The van der Waals surface area contributed by atoms with Gasteiger partial charge in [-0.15, -0.1) is 0 Å². The van der Waals surface area contributed by atoms with Crippen molar-refractivity contribution >= 4 is 5.97 Å². The molecule has 0 aliphatic rings. The van der Waals surface area contributed by atoms with E-state index in [1.165, 1.54) is 0 Å². The van der Waals surface area contributed by atoms with E-state index in [-0.39, 0.29) is 50.9 Å². The quantitative estimate of drug-likeness (QED) is 0.443. The summed E-state index contributed by atoms with van der Waals surface area (Å²) in [5.74, 6) is -3.33. The second-order valence-electron chi connectivity index (χ2n) is 2.17. The number of hydrogen-bond acceptors (Lipinski definition) is 4. The molecule has 5 nitrogen and oxygen atoms in total. The van der Waals surface area contributed by atoms with E-state index >= 15 is 0 Å². The minimum absolute atomic E-state index is 0. The van der Waals surface area contributed by atoms with Crippen molar-refractivity contribution in [2.45, 2.75) is 0 Å². The van der Waals surface area contributed by atoms with E-state index < -0.39 is 23.2 Å². The average Bonchev–Trinajstić information content (AvgIpc) is 1.99. The van der Waals surface area contributed by atoms with Crippen LogP contribution in [0.15, 0.2) is 12.1 Å². The molecule has 0 atom stereocenters. The number of rotatable bonds is 1. The van der Waals surface area contributed by atoms with Gasteiger partial charge in [0.25, 0.3) is 0 Å². The second kappa shape index (κ2) is 6.14. The summed E-state index contributed by atoms with van der Waals surface area (Å²) in [5, 5.41) is 35.0. The summed E-state index contributed by atoms with van der Waals surface area (Å²) in [7, 11) is 0. The molecule has 0 aromatic heterocycles. The number of carbonyl (C=O) groups is 1. The molecule has 1 radical (unpaired) electrons. The van der Waals surface area contributed by atoms with Gasteiger partial charge in [-0.25, -0.2) is 4.79 Å². The fraction of sp³-hybridized carbons (Fsp3) is 0. The summed E-state index contributed by atoms with van der Waals surface area (Å²) in [6, 6.07) is 1.69. The van der Waals surface area contributed by atoms with Crippen LogP contribution in [0.4, 0.5) is 0 Å². The summed E-state index contributed by atoms with van der Waals surface area (Å²) in [6.07, 6.45) is 0. The van der Waals surface area contributed by atoms with E-state index in [0.717, 1.165) is 12.1 Å². The third-order valence-corrected chi connectivity index (χ3v) is 1.32. The molecule has 1 aromatic rings. The third kappa shape index (κ3) is 3.38. The maximum absolute atomic E-state index is 10.3. The molecule has 0 heterocycles. The van der Waals surface area contributed by atoms with Gasteiger partial charge in [-0.3, -0.25) is 0 Å². The van der Waals surface area contributed by atoms with Gasteiger partial charge in [0.2, 0.25) is 0 Å². The number of carboxylic acids is 1. The van der Waals surface area contributed by atoms with Gasteiger partial charge in [0, 0.05) is 45.3 Å². The van der Waals surface area contributed by atoms with Crippen molar-refractivity contribution in [2.75, 3.05) is 0 Å². The van der Waals surface area contributed by atoms with Gasteiger partial charge in [-0.2, -0.15) is 0 Å². The van der Waals surface area contributed by atoms with Crippen molar-refractivity contribution in [1.82, 2.24) is 0 Å². The predicted octanol–water partition coefficient (Wildman–Crippen LogP) is 0.497. The molecule has 14 heavy (non-hydrogen) atoms. The molecule has 1 rings (SSSR count). The standard InChI is InChI=1S/C7H6O5.Sc.Zn/c8-4-1-3(7(11)12)2-5(9)6(4)10;;/h1-2,8-10H,(H,11,12);;. The molecule has 0 unspecified atom stereocenters. The zero-order valence-electron chi connectivity index (χ0n) is 7.14. The van der Waals surface area contributed by atoms with Gasteiger partial charge in [-0.05, 0) is 12.1 Å². The number of phenolic OH excluding ortho intramolecular Hbond substituents is 3. The van der Waals surface area contributed by atoms with E-state index in [1.54, 1.807) is 0 Å². The van der Waals surface area contributed by atoms with E-state index in [9.17, 15) is 4.79 Å². The Bertz CT molecular complexity index is 318. The van der Waals surface area contributed by atoms with Crippen LogP contribution in [0.5, 0.6) is 17.2 Å². The number of carboxylic acid groups (broad SMARTS) is 1. The number of phenols is 3. The molecule has 0 amide bonds. The minimum Gasteiger partial charge on any atom is -0.504 e. The van der Waals surface area contributed by atoms with Crippen LogP contribution >= 0.6 is 0 Å². The van der Waals surface area contributed by atoms with Crippen molar-refractivity contribution in [3.63, 3.8) is 0 Å². The second-order valence-corrected chi connectivity index (χ2v) is 2.17. The molecular formula is C7H6O5ScZn. The van der Waals surface area contributed by atoms with E-state index in [1.807, 2.05) is 0 Å². The molecule has 0 spiro atoms. The zero-order chi connectivity index (χ0) is 9.30.